The molecule has 0 unspecified atom stereocenters. The Labute approximate surface area is 135 Å². The average Bonchev–Trinajstić information content (AvgIpc) is 2.54. The molecule has 0 saturated heterocycles. The summed E-state index contributed by atoms with van der Waals surface area (Å²) in [5.74, 6) is 2.12. The van der Waals surface area contributed by atoms with E-state index in [4.69, 9.17) is 23.2 Å². The number of benzene rings is 2. The van der Waals surface area contributed by atoms with Crippen molar-refractivity contribution in [1.82, 2.24) is 0 Å². The molecule has 2 aromatic carbocycles. The number of rotatable bonds is 7. The minimum absolute atomic E-state index is 0.133. The molecule has 0 N–H and O–H groups in total. The van der Waals surface area contributed by atoms with Gasteiger partial charge in [-0.2, -0.15) is 0 Å². The lowest BCUT2D eigenvalue weighted by Crippen LogP contribution is -2.31. The standard InChI is InChI=1S/C17H18Cl2S/c18-13-17(14-19,15-7-3-1-4-8-15)11-12-20-16-9-5-2-6-10-16/h1-10H,11-14H2. The number of thioether (sulfide) groups is 1. The number of halogens is 2. The van der Waals surface area contributed by atoms with Crippen molar-refractivity contribution < 1.29 is 0 Å². The van der Waals surface area contributed by atoms with Crippen molar-refractivity contribution in [2.75, 3.05) is 17.5 Å². The fourth-order valence-electron chi connectivity index (χ4n) is 2.14. The minimum Gasteiger partial charge on any atom is -0.126 e. The van der Waals surface area contributed by atoms with Crippen LogP contribution in [0, 0.1) is 0 Å². The predicted molar refractivity (Wildman–Crippen MR) is 91.3 cm³/mol. The van der Waals surface area contributed by atoms with Crippen LogP contribution in [0.1, 0.15) is 12.0 Å². The topological polar surface area (TPSA) is 0 Å². The molecule has 0 aliphatic carbocycles. The highest BCUT2D eigenvalue weighted by atomic mass is 35.5. The molecule has 0 fully saturated rings. The molecule has 3 heteroatoms. The number of alkyl halides is 2. The van der Waals surface area contributed by atoms with Crippen molar-refractivity contribution in [2.24, 2.45) is 0 Å². The van der Waals surface area contributed by atoms with Crippen molar-refractivity contribution >= 4 is 35.0 Å². The Morgan fingerprint density at radius 1 is 0.800 bits per heavy atom. The Bertz CT molecular complexity index is 495. The molecule has 0 atom stereocenters. The van der Waals surface area contributed by atoms with Gasteiger partial charge >= 0.3 is 0 Å². The Morgan fingerprint density at radius 2 is 1.35 bits per heavy atom. The van der Waals surface area contributed by atoms with Crippen LogP contribution in [0.3, 0.4) is 0 Å². The van der Waals surface area contributed by atoms with Gasteiger partial charge in [-0.25, -0.2) is 0 Å². The number of hydrogen-bond acceptors (Lipinski definition) is 1. The van der Waals surface area contributed by atoms with Gasteiger partial charge in [0.2, 0.25) is 0 Å². The van der Waals surface area contributed by atoms with E-state index in [-0.39, 0.29) is 5.41 Å². The van der Waals surface area contributed by atoms with Crippen LogP contribution in [-0.2, 0) is 5.41 Å². The first-order chi connectivity index (χ1) is 9.80. The molecule has 0 amide bonds. The molecule has 0 saturated carbocycles. The number of hydrogen-bond donors (Lipinski definition) is 0. The summed E-state index contributed by atoms with van der Waals surface area (Å²) >= 11 is 14.3. The molecular weight excluding hydrogens is 307 g/mol. The van der Waals surface area contributed by atoms with E-state index in [0.29, 0.717) is 11.8 Å². The molecule has 0 bridgehead atoms. The zero-order valence-corrected chi connectivity index (χ0v) is 13.6. The van der Waals surface area contributed by atoms with Crippen molar-refractivity contribution in [1.29, 1.82) is 0 Å². The van der Waals surface area contributed by atoms with Crippen LogP contribution in [0.2, 0.25) is 0 Å². The molecule has 20 heavy (non-hydrogen) atoms. The van der Waals surface area contributed by atoms with Crippen LogP contribution < -0.4 is 0 Å². The second-order valence-corrected chi connectivity index (χ2v) is 6.53. The minimum atomic E-state index is -0.133. The molecule has 0 aromatic heterocycles. The lowest BCUT2D eigenvalue weighted by Gasteiger charge is -2.30. The summed E-state index contributed by atoms with van der Waals surface area (Å²) in [7, 11) is 0. The third kappa shape index (κ3) is 3.94. The summed E-state index contributed by atoms with van der Waals surface area (Å²) in [5.41, 5.74) is 1.10. The molecule has 0 aliphatic rings. The van der Waals surface area contributed by atoms with Crippen LogP contribution in [0.5, 0.6) is 0 Å². The third-order valence-corrected chi connectivity index (χ3v) is 5.53. The fraction of sp³-hybridized carbons (Fsp3) is 0.294. The van der Waals surface area contributed by atoms with Gasteiger partial charge in [-0.3, -0.25) is 0 Å². The van der Waals surface area contributed by atoms with E-state index >= 15 is 0 Å². The van der Waals surface area contributed by atoms with Gasteiger partial charge in [0.15, 0.2) is 0 Å². The van der Waals surface area contributed by atoms with Crippen LogP contribution in [0.15, 0.2) is 65.6 Å². The summed E-state index contributed by atoms with van der Waals surface area (Å²) in [6.45, 7) is 0. The first-order valence-corrected chi connectivity index (χ1v) is 8.71. The highest BCUT2D eigenvalue weighted by Crippen LogP contribution is 2.33. The molecule has 0 spiro atoms. The smallest absolute Gasteiger partial charge is 0.0332 e. The average molecular weight is 325 g/mol. The first kappa shape index (κ1) is 15.8. The summed E-state index contributed by atoms with van der Waals surface area (Å²) in [4.78, 5) is 1.29. The second-order valence-electron chi connectivity index (χ2n) is 4.83. The summed E-state index contributed by atoms with van der Waals surface area (Å²) in [6, 6.07) is 20.8. The summed E-state index contributed by atoms with van der Waals surface area (Å²) < 4.78 is 0. The maximum atomic E-state index is 6.25. The van der Waals surface area contributed by atoms with Gasteiger partial charge in [0, 0.05) is 22.1 Å². The van der Waals surface area contributed by atoms with Crippen molar-refractivity contribution in [3.63, 3.8) is 0 Å². The van der Waals surface area contributed by atoms with Crippen molar-refractivity contribution in [3.8, 4) is 0 Å². The zero-order chi connectivity index (χ0) is 14.3. The highest BCUT2D eigenvalue weighted by Gasteiger charge is 2.30. The second kappa shape index (κ2) is 7.97. The van der Waals surface area contributed by atoms with E-state index < -0.39 is 0 Å². The summed E-state index contributed by atoms with van der Waals surface area (Å²) in [5, 5.41) is 0. The lowest BCUT2D eigenvalue weighted by atomic mass is 9.82. The Balaban J connectivity index is 2.03. The Morgan fingerprint density at radius 3 is 1.90 bits per heavy atom. The van der Waals surface area contributed by atoms with E-state index in [2.05, 4.69) is 36.4 Å². The fourth-order valence-corrected chi connectivity index (χ4v) is 4.08. The van der Waals surface area contributed by atoms with E-state index in [1.54, 1.807) is 0 Å². The Hall–Kier alpha value is -0.630. The maximum absolute atomic E-state index is 6.25. The van der Waals surface area contributed by atoms with Gasteiger partial charge in [-0.05, 0) is 29.9 Å². The van der Waals surface area contributed by atoms with Gasteiger partial charge in [-0.15, -0.1) is 35.0 Å². The van der Waals surface area contributed by atoms with E-state index in [1.807, 2.05) is 36.0 Å². The largest absolute Gasteiger partial charge is 0.126 e. The molecule has 0 radical (unpaired) electrons. The SMILES string of the molecule is ClCC(CCl)(CCSc1ccccc1)c1ccccc1. The van der Waals surface area contributed by atoms with Crippen molar-refractivity contribution in [3.05, 3.63) is 66.2 Å². The molecule has 2 aromatic rings. The molecular formula is C17H18Cl2S. The predicted octanol–water partition coefficient (Wildman–Crippen LogP) is 5.58. The molecule has 0 aliphatic heterocycles. The zero-order valence-electron chi connectivity index (χ0n) is 11.3. The van der Waals surface area contributed by atoms with Gasteiger partial charge in [0.05, 0.1) is 0 Å². The van der Waals surface area contributed by atoms with E-state index in [0.717, 1.165) is 12.2 Å². The molecule has 0 heterocycles. The molecule has 0 nitrogen and oxygen atoms in total. The van der Waals surface area contributed by atoms with Gasteiger partial charge in [0.1, 0.15) is 0 Å². The first-order valence-electron chi connectivity index (χ1n) is 6.66. The molecule has 2 rings (SSSR count). The monoisotopic (exact) mass is 324 g/mol. The van der Waals surface area contributed by atoms with Crippen LogP contribution in [0.25, 0.3) is 0 Å². The van der Waals surface area contributed by atoms with Crippen LogP contribution >= 0.6 is 35.0 Å². The summed E-state index contributed by atoms with van der Waals surface area (Å²) in [6.07, 6.45) is 0.976. The van der Waals surface area contributed by atoms with Crippen molar-refractivity contribution in [2.45, 2.75) is 16.7 Å². The Kier molecular flexibility index (Phi) is 6.28. The van der Waals surface area contributed by atoms with Crippen LogP contribution in [0.4, 0.5) is 0 Å². The van der Waals surface area contributed by atoms with E-state index in [1.165, 1.54) is 10.5 Å². The van der Waals surface area contributed by atoms with Gasteiger partial charge in [0.25, 0.3) is 0 Å². The maximum Gasteiger partial charge on any atom is 0.0332 e. The van der Waals surface area contributed by atoms with Gasteiger partial charge < -0.3 is 0 Å². The normalized spacial score (nSPS) is 11.5. The quantitative estimate of drug-likeness (QED) is 0.473. The van der Waals surface area contributed by atoms with E-state index in [9.17, 15) is 0 Å². The van der Waals surface area contributed by atoms with Gasteiger partial charge in [-0.1, -0.05) is 48.5 Å². The third-order valence-electron chi connectivity index (χ3n) is 3.49. The highest BCUT2D eigenvalue weighted by molar-refractivity contribution is 7.99. The molecule has 106 valence electrons. The van der Waals surface area contributed by atoms with Crippen LogP contribution in [-0.4, -0.2) is 17.5 Å². The lowest BCUT2D eigenvalue weighted by molar-refractivity contribution is 0.524.